The molecule has 1 aliphatic rings. The van der Waals surface area contributed by atoms with Crippen molar-refractivity contribution >= 4 is 27.3 Å². The molecule has 8 heteroatoms. The van der Waals surface area contributed by atoms with E-state index in [-0.39, 0.29) is 22.8 Å². The molecule has 1 aliphatic heterocycles. The standard InChI is InChI=1S/C30H37N3O4S/c1-6-32(7-2)24-16-13-22(14-17-24)20-31-29(34)28-21-33(38(35,36)25-11-9-8-10-12-25)26-19-23(30(3,4)5)15-18-27(26)37-28/h8-19,28H,6-7,20-21H2,1-5H3,(H,31,34). The third-order valence-corrected chi connectivity index (χ3v) is 8.64. The highest BCUT2D eigenvalue weighted by molar-refractivity contribution is 7.92. The monoisotopic (exact) mass is 535 g/mol. The molecular formula is C30H37N3O4S. The summed E-state index contributed by atoms with van der Waals surface area (Å²) in [6.07, 6.45) is -0.989. The molecule has 3 aromatic rings. The van der Waals surface area contributed by atoms with E-state index >= 15 is 0 Å². The van der Waals surface area contributed by atoms with Crippen molar-refractivity contribution in [2.24, 2.45) is 0 Å². The highest BCUT2D eigenvalue weighted by Crippen LogP contribution is 2.40. The van der Waals surface area contributed by atoms with Gasteiger partial charge in [0.05, 0.1) is 17.1 Å². The lowest BCUT2D eigenvalue weighted by Gasteiger charge is -2.36. The van der Waals surface area contributed by atoms with Crippen molar-refractivity contribution in [3.8, 4) is 5.75 Å². The molecule has 1 N–H and O–H groups in total. The average molecular weight is 536 g/mol. The molecule has 38 heavy (non-hydrogen) atoms. The Labute approximate surface area is 226 Å². The van der Waals surface area contributed by atoms with Crippen molar-refractivity contribution in [3.63, 3.8) is 0 Å². The Bertz CT molecular complexity index is 1360. The van der Waals surface area contributed by atoms with Gasteiger partial charge in [-0.15, -0.1) is 0 Å². The van der Waals surface area contributed by atoms with Crippen molar-refractivity contribution in [1.29, 1.82) is 0 Å². The number of ether oxygens (including phenoxy) is 1. The van der Waals surface area contributed by atoms with E-state index in [2.05, 4.69) is 44.8 Å². The minimum Gasteiger partial charge on any atom is -0.476 e. The molecule has 0 bridgehead atoms. The summed E-state index contributed by atoms with van der Waals surface area (Å²) < 4.78 is 34.8. The lowest BCUT2D eigenvalue weighted by Crippen LogP contribution is -2.50. The minimum atomic E-state index is -3.92. The second kappa shape index (κ2) is 11.1. The number of sulfonamides is 1. The molecule has 0 saturated heterocycles. The number of hydrogen-bond donors (Lipinski definition) is 1. The number of rotatable bonds is 8. The third kappa shape index (κ3) is 5.80. The number of amides is 1. The Kier molecular flexibility index (Phi) is 8.02. The summed E-state index contributed by atoms with van der Waals surface area (Å²) in [5, 5.41) is 2.92. The maximum Gasteiger partial charge on any atom is 0.264 e. The van der Waals surface area contributed by atoms with Crippen molar-refractivity contribution in [1.82, 2.24) is 5.32 Å². The maximum atomic E-state index is 13.7. The molecule has 1 heterocycles. The molecule has 4 rings (SSSR count). The molecule has 3 aromatic carbocycles. The van der Waals surface area contributed by atoms with Crippen LogP contribution in [0.5, 0.6) is 5.75 Å². The molecule has 1 atom stereocenters. The zero-order chi connectivity index (χ0) is 27.5. The topological polar surface area (TPSA) is 79.0 Å². The summed E-state index contributed by atoms with van der Waals surface area (Å²) in [6.45, 7) is 12.5. The average Bonchev–Trinajstić information content (AvgIpc) is 2.92. The fourth-order valence-electron chi connectivity index (χ4n) is 4.52. The predicted molar refractivity (Wildman–Crippen MR) is 152 cm³/mol. The van der Waals surface area contributed by atoms with Crippen LogP contribution in [0.25, 0.3) is 0 Å². The van der Waals surface area contributed by atoms with Gasteiger partial charge in [-0.3, -0.25) is 9.10 Å². The number of anilines is 2. The second-order valence-corrected chi connectivity index (χ2v) is 12.3. The van der Waals surface area contributed by atoms with Crippen molar-refractivity contribution < 1.29 is 17.9 Å². The van der Waals surface area contributed by atoms with Crippen LogP contribution in [-0.2, 0) is 26.8 Å². The first-order valence-corrected chi connectivity index (χ1v) is 14.5. The molecule has 202 valence electrons. The fourth-order valence-corrected chi connectivity index (χ4v) is 6.01. The Balaban J connectivity index is 1.58. The number of nitrogens with zero attached hydrogens (tertiary/aromatic N) is 2. The molecule has 0 spiro atoms. The molecule has 0 fully saturated rings. The highest BCUT2D eigenvalue weighted by atomic mass is 32.2. The molecule has 0 saturated carbocycles. The second-order valence-electron chi connectivity index (χ2n) is 10.4. The summed E-state index contributed by atoms with van der Waals surface area (Å²) in [5.74, 6) is 0.00381. The fraction of sp³-hybridized carbons (Fsp3) is 0.367. The first-order valence-electron chi connectivity index (χ1n) is 13.0. The van der Waals surface area contributed by atoms with Gasteiger partial charge in [0.1, 0.15) is 5.75 Å². The Morgan fingerprint density at radius 1 is 1.00 bits per heavy atom. The van der Waals surface area contributed by atoms with Crippen LogP contribution in [0.15, 0.2) is 77.7 Å². The van der Waals surface area contributed by atoms with E-state index in [9.17, 15) is 13.2 Å². The Morgan fingerprint density at radius 2 is 1.66 bits per heavy atom. The molecular weight excluding hydrogens is 498 g/mol. The van der Waals surface area contributed by atoms with E-state index in [4.69, 9.17) is 4.74 Å². The van der Waals surface area contributed by atoms with E-state index in [1.165, 1.54) is 4.31 Å². The van der Waals surface area contributed by atoms with Gasteiger partial charge < -0.3 is 15.0 Å². The smallest absolute Gasteiger partial charge is 0.264 e. The van der Waals surface area contributed by atoms with Crippen molar-refractivity contribution in [2.75, 3.05) is 28.8 Å². The molecule has 0 aliphatic carbocycles. The summed E-state index contributed by atoms with van der Waals surface area (Å²) in [6, 6.07) is 21.9. The van der Waals surface area contributed by atoms with Gasteiger partial charge in [-0.2, -0.15) is 0 Å². The first kappa shape index (κ1) is 27.5. The molecule has 1 amide bonds. The Hall–Kier alpha value is -3.52. The Morgan fingerprint density at radius 3 is 2.26 bits per heavy atom. The molecule has 1 unspecified atom stereocenters. The van der Waals surface area contributed by atoms with E-state index < -0.39 is 16.1 Å². The van der Waals surface area contributed by atoms with Gasteiger partial charge in [0.2, 0.25) is 0 Å². The van der Waals surface area contributed by atoms with Gasteiger partial charge in [-0.25, -0.2) is 8.42 Å². The number of nitrogens with one attached hydrogen (secondary N) is 1. The van der Waals surface area contributed by atoms with Gasteiger partial charge in [0, 0.05) is 25.3 Å². The van der Waals surface area contributed by atoms with Crippen LogP contribution in [0, 0.1) is 0 Å². The van der Waals surface area contributed by atoms with Crippen LogP contribution in [0.4, 0.5) is 11.4 Å². The van der Waals surface area contributed by atoms with E-state index in [1.807, 2.05) is 36.4 Å². The van der Waals surface area contributed by atoms with E-state index in [1.54, 1.807) is 36.4 Å². The van der Waals surface area contributed by atoms with E-state index in [0.717, 1.165) is 29.9 Å². The van der Waals surface area contributed by atoms with Crippen molar-refractivity contribution in [2.45, 2.75) is 57.6 Å². The summed E-state index contributed by atoms with van der Waals surface area (Å²) in [4.78, 5) is 15.6. The SMILES string of the molecule is CCN(CC)c1ccc(CNC(=O)C2CN(S(=O)(=O)c3ccccc3)c3cc(C(C)(C)C)ccc3O2)cc1. The number of carbonyl (C=O) groups excluding carboxylic acids is 1. The lowest BCUT2D eigenvalue weighted by atomic mass is 9.86. The van der Waals surface area contributed by atoms with Gasteiger partial charge >= 0.3 is 0 Å². The number of fused-ring (bicyclic) bond motifs is 1. The normalized spacial score (nSPS) is 15.4. The zero-order valence-electron chi connectivity index (χ0n) is 22.8. The zero-order valence-corrected chi connectivity index (χ0v) is 23.6. The van der Waals surface area contributed by atoms with Gasteiger partial charge in [-0.05, 0) is 66.8 Å². The number of hydrogen-bond acceptors (Lipinski definition) is 5. The van der Waals surface area contributed by atoms with Crippen LogP contribution in [-0.4, -0.2) is 40.1 Å². The largest absolute Gasteiger partial charge is 0.476 e. The minimum absolute atomic E-state index is 0.120. The van der Waals surface area contributed by atoms with Crippen LogP contribution in [0.1, 0.15) is 45.7 Å². The van der Waals surface area contributed by atoms with Crippen LogP contribution >= 0.6 is 0 Å². The maximum absolute atomic E-state index is 13.7. The quantitative estimate of drug-likeness (QED) is 0.434. The van der Waals surface area contributed by atoms with Gasteiger partial charge in [-0.1, -0.05) is 57.2 Å². The number of carbonyl (C=O) groups is 1. The summed E-state index contributed by atoms with van der Waals surface area (Å²) >= 11 is 0. The molecule has 0 aromatic heterocycles. The predicted octanol–water partition coefficient (Wildman–Crippen LogP) is 5.10. The highest BCUT2D eigenvalue weighted by Gasteiger charge is 2.38. The third-order valence-electron chi connectivity index (χ3n) is 6.85. The number of benzene rings is 3. The lowest BCUT2D eigenvalue weighted by molar-refractivity contribution is -0.127. The van der Waals surface area contributed by atoms with Gasteiger partial charge in [0.15, 0.2) is 6.10 Å². The first-order chi connectivity index (χ1) is 18.0. The van der Waals surface area contributed by atoms with E-state index in [0.29, 0.717) is 18.0 Å². The van der Waals surface area contributed by atoms with Crippen LogP contribution in [0.3, 0.4) is 0 Å². The van der Waals surface area contributed by atoms with Crippen LogP contribution < -0.4 is 19.3 Å². The van der Waals surface area contributed by atoms with Gasteiger partial charge in [0.25, 0.3) is 15.9 Å². The summed E-state index contributed by atoms with van der Waals surface area (Å²) in [5.41, 5.74) is 3.32. The molecule has 0 radical (unpaired) electrons. The molecule has 7 nitrogen and oxygen atoms in total. The van der Waals surface area contributed by atoms with Crippen molar-refractivity contribution in [3.05, 3.63) is 83.9 Å². The van der Waals surface area contributed by atoms with Crippen LogP contribution in [0.2, 0.25) is 0 Å². The summed E-state index contributed by atoms with van der Waals surface area (Å²) in [7, 11) is -3.92.